The van der Waals surface area contributed by atoms with E-state index in [2.05, 4.69) is 18.2 Å². The van der Waals surface area contributed by atoms with Gasteiger partial charge in [0.15, 0.2) is 0 Å². The van der Waals surface area contributed by atoms with Crippen molar-refractivity contribution in [1.82, 2.24) is 4.31 Å². The lowest BCUT2D eigenvalue weighted by molar-refractivity contribution is 0.248. The maximum Gasteiger partial charge on any atom is 0.243 e. The van der Waals surface area contributed by atoms with Crippen LogP contribution in [0.2, 0.25) is 5.02 Å². The number of nitrogens with zero attached hydrogens (tertiary/aromatic N) is 1. The van der Waals surface area contributed by atoms with Crippen LogP contribution in [0.25, 0.3) is 10.8 Å². The van der Waals surface area contributed by atoms with Gasteiger partial charge in [0.2, 0.25) is 10.0 Å². The lowest BCUT2D eigenvalue weighted by Gasteiger charge is -2.35. The Kier molecular flexibility index (Phi) is 5.34. The predicted octanol–water partition coefficient (Wildman–Crippen LogP) is 5.59. The van der Waals surface area contributed by atoms with Crippen molar-refractivity contribution in [3.63, 3.8) is 0 Å². The van der Waals surface area contributed by atoms with Crippen molar-refractivity contribution in [3.05, 3.63) is 64.7 Å². The first-order chi connectivity index (χ1) is 13.0. The minimum Gasteiger partial charge on any atom is -0.207 e. The van der Waals surface area contributed by atoms with E-state index in [1.807, 2.05) is 24.3 Å². The number of rotatable bonds is 3. The van der Waals surface area contributed by atoms with Crippen molar-refractivity contribution < 1.29 is 8.42 Å². The number of benzene rings is 2. The molecule has 1 fully saturated rings. The van der Waals surface area contributed by atoms with Crippen LogP contribution in [-0.4, -0.2) is 25.8 Å². The van der Waals surface area contributed by atoms with Crippen molar-refractivity contribution in [2.75, 3.05) is 13.1 Å². The third-order valence-corrected chi connectivity index (χ3v) is 8.26. The molecule has 0 bridgehead atoms. The first-order valence-corrected chi connectivity index (χ1v) is 11.4. The average Bonchev–Trinajstić information content (AvgIpc) is 2.69. The summed E-state index contributed by atoms with van der Waals surface area (Å²) in [5.74, 6) is 0.611. The summed E-state index contributed by atoms with van der Waals surface area (Å²) < 4.78 is 28.2. The Balaban J connectivity index is 1.58. The molecule has 1 aliphatic heterocycles. The average molecular weight is 422 g/mol. The van der Waals surface area contributed by atoms with Crippen LogP contribution in [0.1, 0.15) is 19.3 Å². The second-order valence-corrected chi connectivity index (χ2v) is 9.86. The third kappa shape index (κ3) is 3.56. The van der Waals surface area contributed by atoms with E-state index in [9.17, 15) is 8.42 Å². The summed E-state index contributed by atoms with van der Waals surface area (Å²) in [6, 6.07) is 10.7. The second kappa shape index (κ2) is 7.59. The minimum absolute atomic E-state index is 0.224. The van der Waals surface area contributed by atoms with Gasteiger partial charge in [-0.1, -0.05) is 65.7 Å². The Morgan fingerprint density at radius 2 is 1.67 bits per heavy atom. The fraction of sp³-hybridized carbons (Fsp3) is 0.333. The summed E-state index contributed by atoms with van der Waals surface area (Å²) in [6.45, 7) is 1.02. The van der Waals surface area contributed by atoms with Crippen molar-refractivity contribution in [2.24, 2.45) is 11.8 Å². The Morgan fingerprint density at radius 1 is 0.963 bits per heavy atom. The van der Waals surface area contributed by atoms with Crippen LogP contribution in [-0.2, 0) is 10.0 Å². The highest BCUT2D eigenvalue weighted by Gasteiger charge is 2.34. The molecule has 1 heterocycles. The highest BCUT2D eigenvalue weighted by molar-refractivity contribution is 7.89. The van der Waals surface area contributed by atoms with Gasteiger partial charge in [0.1, 0.15) is 0 Å². The number of allylic oxidation sites excluding steroid dienone is 4. The van der Waals surface area contributed by atoms with Crippen LogP contribution in [0.4, 0.5) is 0 Å². The molecule has 4 rings (SSSR count). The van der Waals surface area contributed by atoms with E-state index in [4.69, 9.17) is 23.2 Å². The molecule has 0 amide bonds. The normalized spacial score (nSPS) is 22.1. The smallest absolute Gasteiger partial charge is 0.207 e. The molecular formula is C21H21Cl2NO2S. The zero-order valence-electron chi connectivity index (χ0n) is 14.8. The van der Waals surface area contributed by atoms with Gasteiger partial charge in [-0.25, -0.2) is 8.42 Å². The van der Waals surface area contributed by atoms with Gasteiger partial charge in [0.25, 0.3) is 0 Å². The molecule has 1 atom stereocenters. The van der Waals surface area contributed by atoms with Gasteiger partial charge in [-0.3, -0.25) is 0 Å². The van der Waals surface area contributed by atoms with Crippen molar-refractivity contribution in [3.8, 4) is 0 Å². The summed E-state index contributed by atoms with van der Waals surface area (Å²) in [5.41, 5.74) is 0. The number of sulfonamides is 1. The number of hydrogen-bond donors (Lipinski definition) is 0. The molecule has 0 N–H and O–H groups in total. The first kappa shape index (κ1) is 19.0. The van der Waals surface area contributed by atoms with Gasteiger partial charge in [-0.2, -0.15) is 4.31 Å². The molecule has 3 nitrogen and oxygen atoms in total. The summed E-state index contributed by atoms with van der Waals surface area (Å²) in [6.07, 6.45) is 8.86. The SMILES string of the molecule is O=S(=O)(c1ccc(Cl)c2ccccc12)N1CCC(C2C=CCC=C2Cl)CC1. The zero-order chi connectivity index (χ0) is 19.0. The van der Waals surface area contributed by atoms with E-state index in [-0.39, 0.29) is 5.92 Å². The fourth-order valence-electron chi connectivity index (χ4n) is 4.09. The van der Waals surface area contributed by atoms with Crippen molar-refractivity contribution in [2.45, 2.75) is 24.2 Å². The molecule has 1 aliphatic carbocycles. The van der Waals surface area contributed by atoms with Gasteiger partial charge in [0, 0.05) is 39.8 Å². The summed E-state index contributed by atoms with van der Waals surface area (Å²) in [4.78, 5) is 0.330. The largest absolute Gasteiger partial charge is 0.243 e. The molecule has 6 heteroatoms. The van der Waals surface area contributed by atoms with Crippen LogP contribution >= 0.6 is 23.2 Å². The van der Waals surface area contributed by atoms with Crippen LogP contribution < -0.4 is 0 Å². The van der Waals surface area contributed by atoms with Gasteiger partial charge in [-0.15, -0.1) is 0 Å². The predicted molar refractivity (Wildman–Crippen MR) is 112 cm³/mol. The number of fused-ring (bicyclic) bond motifs is 1. The third-order valence-electron chi connectivity index (χ3n) is 5.57. The van der Waals surface area contributed by atoms with Gasteiger partial charge < -0.3 is 0 Å². The summed E-state index contributed by atoms with van der Waals surface area (Å²) in [5, 5.41) is 2.89. The number of halogens is 2. The van der Waals surface area contributed by atoms with Crippen molar-refractivity contribution in [1.29, 1.82) is 0 Å². The van der Waals surface area contributed by atoms with Crippen LogP contribution in [0.3, 0.4) is 0 Å². The van der Waals surface area contributed by atoms with Crippen LogP contribution in [0, 0.1) is 11.8 Å². The molecule has 2 aliphatic rings. The molecule has 0 saturated carbocycles. The van der Waals surface area contributed by atoms with E-state index >= 15 is 0 Å². The number of hydrogen-bond acceptors (Lipinski definition) is 2. The Labute approximate surface area is 170 Å². The molecule has 1 unspecified atom stereocenters. The molecule has 27 heavy (non-hydrogen) atoms. The Bertz CT molecular complexity index is 1020. The molecule has 142 valence electrons. The fourth-order valence-corrected chi connectivity index (χ4v) is 6.32. The van der Waals surface area contributed by atoms with E-state index < -0.39 is 10.0 Å². The Hall–Kier alpha value is -1.33. The topological polar surface area (TPSA) is 37.4 Å². The summed E-state index contributed by atoms with van der Waals surface area (Å²) >= 11 is 12.6. The van der Waals surface area contributed by atoms with Gasteiger partial charge >= 0.3 is 0 Å². The molecule has 1 saturated heterocycles. The van der Waals surface area contributed by atoms with Gasteiger partial charge in [-0.05, 0) is 37.3 Å². The molecule has 0 radical (unpaired) electrons. The van der Waals surface area contributed by atoms with Crippen molar-refractivity contribution >= 4 is 44.0 Å². The van der Waals surface area contributed by atoms with Gasteiger partial charge in [0.05, 0.1) is 4.90 Å². The lowest BCUT2D eigenvalue weighted by Crippen LogP contribution is -2.40. The molecular weight excluding hydrogens is 401 g/mol. The second-order valence-electron chi connectivity index (χ2n) is 7.11. The molecule has 0 aromatic heterocycles. The highest BCUT2D eigenvalue weighted by atomic mass is 35.5. The molecule has 0 spiro atoms. The highest BCUT2D eigenvalue weighted by Crippen LogP contribution is 2.37. The Morgan fingerprint density at radius 3 is 2.37 bits per heavy atom. The van der Waals surface area contributed by atoms with Crippen LogP contribution in [0.5, 0.6) is 0 Å². The maximum atomic E-state index is 13.3. The molecule has 2 aromatic carbocycles. The number of piperidine rings is 1. The van der Waals surface area contributed by atoms with E-state index in [1.54, 1.807) is 16.4 Å². The van der Waals surface area contributed by atoms with Crippen LogP contribution in [0.15, 0.2) is 64.6 Å². The molecule has 2 aromatic rings. The van der Waals surface area contributed by atoms with E-state index in [0.717, 1.165) is 29.7 Å². The first-order valence-electron chi connectivity index (χ1n) is 9.18. The summed E-state index contributed by atoms with van der Waals surface area (Å²) in [7, 11) is -3.56. The van der Waals surface area contributed by atoms with E-state index in [1.165, 1.54) is 0 Å². The van der Waals surface area contributed by atoms with E-state index in [0.29, 0.717) is 34.3 Å². The zero-order valence-corrected chi connectivity index (χ0v) is 17.1. The quantitative estimate of drug-likeness (QED) is 0.605. The standard InChI is InChI=1S/C21H21Cl2NO2S/c22-19-8-4-3-5-16(19)15-11-13-24(14-12-15)27(25,26)21-10-9-20(23)17-6-1-2-7-18(17)21/h1-3,5-10,15-16H,4,11-14H2. The maximum absolute atomic E-state index is 13.3. The minimum atomic E-state index is -3.56. The monoisotopic (exact) mass is 421 g/mol. The lowest BCUT2D eigenvalue weighted by atomic mass is 9.82.